The lowest BCUT2D eigenvalue weighted by Crippen LogP contribution is -2.47. The molecule has 3 bridgehead atoms. The van der Waals surface area contributed by atoms with Crippen molar-refractivity contribution in [2.75, 3.05) is 19.6 Å². The van der Waals surface area contributed by atoms with Crippen LogP contribution in [0.4, 0.5) is 0 Å². The molecule has 0 radical (unpaired) electrons. The Morgan fingerprint density at radius 3 is 2.26 bits per heavy atom. The lowest BCUT2D eigenvalue weighted by atomic mass is 9.83. The first kappa shape index (κ1) is 36.6. The molecule has 3 aliphatic rings. The third-order valence-electron chi connectivity index (χ3n) is 9.87. The van der Waals surface area contributed by atoms with E-state index in [2.05, 4.69) is 10.00 Å². The van der Waals surface area contributed by atoms with E-state index in [4.69, 9.17) is 42.1 Å². The molecule has 7 rings (SSSR count). The zero-order chi connectivity index (χ0) is 37.5. The van der Waals surface area contributed by atoms with E-state index in [9.17, 15) is 29.4 Å². The lowest BCUT2D eigenvalue weighted by Gasteiger charge is -2.39. The van der Waals surface area contributed by atoms with E-state index >= 15 is 0 Å². The molecule has 276 valence electrons. The molecule has 0 spiro atoms. The van der Waals surface area contributed by atoms with Gasteiger partial charge in [0, 0.05) is 25.9 Å². The van der Waals surface area contributed by atoms with Crippen LogP contribution in [0.2, 0.25) is 10.0 Å². The van der Waals surface area contributed by atoms with Crippen molar-refractivity contribution in [1.29, 1.82) is 0 Å². The number of carbonyl (C=O) groups excluding carboxylic acids is 4. The van der Waals surface area contributed by atoms with Crippen molar-refractivity contribution in [2.45, 2.75) is 62.3 Å². The van der Waals surface area contributed by atoms with Crippen molar-refractivity contribution >= 4 is 47.1 Å². The molecule has 3 atom stereocenters. The molecular formula is C38H35Cl2N3O10. The highest BCUT2D eigenvalue weighted by atomic mass is 35.5. The maximum atomic E-state index is 13.7. The van der Waals surface area contributed by atoms with Crippen molar-refractivity contribution in [3.63, 3.8) is 0 Å². The maximum absolute atomic E-state index is 13.7. The number of likely N-dealkylation sites (tertiary alicyclic amines) is 1. The Balaban J connectivity index is 1.35. The van der Waals surface area contributed by atoms with Crippen LogP contribution in [0.3, 0.4) is 0 Å². The summed E-state index contributed by atoms with van der Waals surface area (Å²) in [5.74, 6) is -5.68. The number of carbonyl (C=O) groups is 4. The van der Waals surface area contributed by atoms with Crippen molar-refractivity contribution in [2.24, 2.45) is 0 Å². The van der Waals surface area contributed by atoms with E-state index in [1.165, 1.54) is 17.7 Å². The predicted molar refractivity (Wildman–Crippen MR) is 189 cm³/mol. The van der Waals surface area contributed by atoms with Crippen molar-refractivity contribution in [1.82, 2.24) is 14.7 Å². The lowest BCUT2D eigenvalue weighted by molar-refractivity contribution is -0.168. The van der Waals surface area contributed by atoms with Crippen molar-refractivity contribution in [3.8, 4) is 23.1 Å². The Hall–Kier alpha value is -4.79. The van der Waals surface area contributed by atoms with Gasteiger partial charge in [0.05, 0.1) is 28.5 Å². The van der Waals surface area contributed by atoms with Gasteiger partial charge >= 0.3 is 23.9 Å². The molecule has 3 aliphatic heterocycles. The van der Waals surface area contributed by atoms with E-state index < -0.39 is 71.6 Å². The van der Waals surface area contributed by atoms with Gasteiger partial charge in [-0.25, -0.2) is 9.48 Å². The molecule has 3 unspecified atom stereocenters. The van der Waals surface area contributed by atoms with Crippen LogP contribution in [0.15, 0.2) is 72.8 Å². The van der Waals surface area contributed by atoms with Crippen LogP contribution in [0.25, 0.3) is 5.69 Å². The first-order valence-electron chi connectivity index (χ1n) is 17.0. The predicted octanol–water partition coefficient (Wildman–Crippen LogP) is 5.20. The van der Waals surface area contributed by atoms with E-state index in [-0.39, 0.29) is 22.2 Å². The number of piperidine rings is 1. The number of hydrogen-bond acceptors (Lipinski definition) is 12. The highest BCUT2D eigenvalue weighted by Gasteiger charge is 2.49. The minimum absolute atomic E-state index is 0.00479. The second kappa shape index (κ2) is 14.6. The highest BCUT2D eigenvalue weighted by molar-refractivity contribution is 6.42. The first-order chi connectivity index (χ1) is 25.3. The molecule has 1 aromatic heterocycles. The molecule has 1 fully saturated rings. The van der Waals surface area contributed by atoms with Crippen LogP contribution in [0, 0.1) is 0 Å². The summed E-state index contributed by atoms with van der Waals surface area (Å²) < 4.78 is 24.3. The maximum Gasteiger partial charge on any atom is 0.345 e. The molecule has 0 saturated carbocycles. The van der Waals surface area contributed by atoms with Gasteiger partial charge < -0.3 is 34.1 Å². The van der Waals surface area contributed by atoms with Crippen LogP contribution in [-0.4, -0.2) is 74.0 Å². The van der Waals surface area contributed by atoms with Gasteiger partial charge in [-0.1, -0.05) is 71.7 Å². The summed E-state index contributed by atoms with van der Waals surface area (Å²) in [4.78, 5) is 55.0. The second-order valence-corrected chi connectivity index (χ2v) is 14.3. The van der Waals surface area contributed by atoms with Crippen LogP contribution in [-0.2, 0) is 29.5 Å². The number of nitrogens with zero attached hydrogens (tertiary/aromatic N) is 3. The summed E-state index contributed by atoms with van der Waals surface area (Å²) >= 11 is 12.9. The Bertz CT molecular complexity index is 2080. The molecule has 0 aliphatic carbocycles. The molecule has 53 heavy (non-hydrogen) atoms. The molecule has 4 aromatic rings. The number of benzene rings is 3. The number of fused-ring (bicyclic) bond motifs is 5. The zero-order valence-electron chi connectivity index (χ0n) is 28.5. The molecular weight excluding hydrogens is 729 g/mol. The Morgan fingerprint density at radius 1 is 0.887 bits per heavy atom. The largest absolute Gasteiger partial charge is 0.455 e. The summed E-state index contributed by atoms with van der Waals surface area (Å²) in [6, 6.07) is 20.8. The number of esters is 4. The van der Waals surface area contributed by atoms with Gasteiger partial charge in [0.25, 0.3) is 5.88 Å². The van der Waals surface area contributed by atoms with Gasteiger partial charge in [-0.2, -0.15) is 0 Å². The number of halogens is 2. The number of para-hydroxylation sites is 2. The molecule has 15 heteroatoms. The Labute approximate surface area is 313 Å². The zero-order valence-corrected chi connectivity index (χ0v) is 30.0. The Morgan fingerprint density at radius 2 is 1.57 bits per heavy atom. The van der Waals surface area contributed by atoms with Crippen molar-refractivity contribution < 1.29 is 48.3 Å². The number of rotatable bonds is 8. The van der Waals surface area contributed by atoms with Gasteiger partial charge in [0.1, 0.15) is 11.4 Å². The fourth-order valence-electron chi connectivity index (χ4n) is 7.13. The van der Waals surface area contributed by atoms with E-state index in [0.717, 1.165) is 5.56 Å². The second-order valence-electron chi connectivity index (χ2n) is 13.5. The van der Waals surface area contributed by atoms with E-state index in [1.54, 1.807) is 36.4 Å². The summed E-state index contributed by atoms with van der Waals surface area (Å²) in [6.45, 7) is 2.81. The average molecular weight is 765 g/mol. The van der Waals surface area contributed by atoms with Gasteiger partial charge in [0.15, 0.2) is 17.5 Å². The summed E-state index contributed by atoms with van der Waals surface area (Å²) in [5.41, 5.74) is -2.07. The number of ether oxygens (including phenoxy) is 4. The van der Waals surface area contributed by atoms with Crippen LogP contribution >= 0.6 is 23.2 Å². The smallest absolute Gasteiger partial charge is 0.345 e. The summed E-state index contributed by atoms with van der Waals surface area (Å²) in [6.07, 6.45) is -1.84. The molecule has 2 N–H and O–H groups in total. The topological polar surface area (TPSA) is 167 Å². The quantitative estimate of drug-likeness (QED) is 0.178. The third-order valence-corrected chi connectivity index (χ3v) is 10.6. The number of aliphatic hydroxyl groups is 2. The summed E-state index contributed by atoms with van der Waals surface area (Å²) in [5, 5.41) is 27.8. The monoisotopic (exact) mass is 763 g/mol. The molecule has 1 saturated heterocycles. The van der Waals surface area contributed by atoms with E-state index in [1.807, 2.05) is 30.3 Å². The minimum Gasteiger partial charge on any atom is -0.455 e. The third kappa shape index (κ3) is 7.40. The van der Waals surface area contributed by atoms with Gasteiger partial charge in [-0.3, -0.25) is 14.4 Å². The first-order valence-corrected chi connectivity index (χ1v) is 17.8. The molecule has 3 aromatic carbocycles. The normalized spacial score (nSPS) is 20.9. The molecule has 0 amide bonds. The highest BCUT2D eigenvalue weighted by Crippen LogP contribution is 2.48. The number of hydrogen-bond donors (Lipinski definition) is 2. The fraction of sp³-hybridized carbons (Fsp3) is 0.342. The fourth-order valence-corrected chi connectivity index (χ4v) is 7.44. The van der Waals surface area contributed by atoms with Crippen LogP contribution in [0.5, 0.6) is 17.4 Å². The summed E-state index contributed by atoms with van der Waals surface area (Å²) in [7, 11) is 0. The van der Waals surface area contributed by atoms with Crippen LogP contribution < -0.4 is 14.2 Å². The SMILES string of the molecule is CC(=O)OC(c1c2c3nn1-c1ccccc1OC(=O)CC(O)(CC(=O)O3)C(=O)O2)C(CCN1CCC(O)(c2ccccc2)CC1)c1ccc(Cl)c(Cl)c1. The van der Waals surface area contributed by atoms with Gasteiger partial charge in [-0.15, -0.1) is 5.10 Å². The van der Waals surface area contributed by atoms with E-state index in [0.29, 0.717) is 49.5 Å². The van der Waals surface area contributed by atoms with Gasteiger partial charge in [0.2, 0.25) is 5.75 Å². The van der Waals surface area contributed by atoms with Gasteiger partial charge in [-0.05, 0) is 61.2 Å². The standard InChI is InChI=1S/C38H35Cl2N3O10/c1-22(44)50-33(25(23-11-12-26(39)27(40)19-23)13-16-42-17-14-37(48,15-18-42)24-7-3-2-4-8-24)32-34-35-41-43(32)28-9-5-6-10-29(28)51-30(45)20-38(49,36(47)53-34)21-31(46)52-35/h2-12,19,25,33,48-49H,13-18,20-21H2,1H3. The molecule has 4 heterocycles. The number of aromatic nitrogens is 2. The minimum atomic E-state index is -2.65. The van der Waals surface area contributed by atoms with Crippen LogP contribution in [0.1, 0.15) is 67.9 Å². The molecule has 13 nitrogen and oxygen atoms in total. The van der Waals surface area contributed by atoms with Crippen molar-refractivity contribution in [3.05, 3.63) is 99.7 Å². The Kier molecular flexibility index (Phi) is 10.0. The average Bonchev–Trinajstić information content (AvgIpc) is 3.45.